The van der Waals surface area contributed by atoms with E-state index < -0.39 is 5.82 Å². The lowest BCUT2D eigenvalue weighted by Crippen LogP contribution is -2.23. The molecule has 0 unspecified atom stereocenters. The molecule has 0 atom stereocenters. The summed E-state index contributed by atoms with van der Waals surface area (Å²) in [4.78, 5) is 11.5. The van der Waals surface area contributed by atoms with E-state index >= 15 is 0 Å². The number of carbonyl (C=O) groups excluding carboxylic acids is 1. The second kappa shape index (κ2) is 5.34. The minimum atomic E-state index is -0.411. The highest BCUT2D eigenvalue weighted by Gasteiger charge is 2.12. The van der Waals surface area contributed by atoms with Crippen molar-refractivity contribution < 1.29 is 13.9 Å². The molecule has 0 saturated heterocycles. The van der Waals surface area contributed by atoms with Gasteiger partial charge in [-0.05, 0) is 26.0 Å². The molecule has 15 heavy (non-hydrogen) atoms. The molecular formula is C11H14FNO2. The summed E-state index contributed by atoms with van der Waals surface area (Å²) >= 11 is 0. The predicted molar refractivity (Wildman–Crippen MR) is 55.6 cm³/mol. The Balaban J connectivity index is 2.99. The maximum absolute atomic E-state index is 12.9. The summed E-state index contributed by atoms with van der Waals surface area (Å²) in [7, 11) is 0. The first-order valence-corrected chi connectivity index (χ1v) is 4.89. The topological polar surface area (TPSA) is 38.3 Å². The number of ether oxygens (including phenoxy) is 1. The largest absolute Gasteiger partial charge is 0.493 e. The molecule has 4 heteroatoms. The summed E-state index contributed by atoms with van der Waals surface area (Å²) in [5.41, 5.74) is 0.361. The minimum absolute atomic E-state index is 0.249. The lowest BCUT2D eigenvalue weighted by molar-refractivity contribution is 0.0952. The van der Waals surface area contributed by atoms with E-state index in [4.69, 9.17) is 4.74 Å². The summed E-state index contributed by atoms with van der Waals surface area (Å²) in [6.45, 7) is 4.53. The fourth-order valence-electron chi connectivity index (χ4n) is 1.21. The average molecular weight is 211 g/mol. The first-order chi connectivity index (χ1) is 7.19. The number of carbonyl (C=O) groups is 1. The fraction of sp³-hybridized carbons (Fsp3) is 0.364. The van der Waals surface area contributed by atoms with E-state index in [1.54, 1.807) is 6.92 Å². The molecule has 82 valence electrons. The second-order valence-corrected chi connectivity index (χ2v) is 2.93. The van der Waals surface area contributed by atoms with Gasteiger partial charge in [-0.15, -0.1) is 0 Å². The zero-order valence-corrected chi connectivity index (χ0v) is 8.84. The third-order valence-corrected chi connectivity index (χ3v) is 1.83. The van der Waals surface area contributed by atoms with Crippen LogP contribution in [0.4, 0.5) is 4.39 Å². The Morgan fingerprint density at radius 2 is 2.20 bits per heavy atom. The number of nitrogens with one attached hydrogen (secondary N) is 1. The fourth-order valence-corrected chi connectivity index (χ4v) is 1.21. The highest BCUT2D eigenvalue weighted by atomic mass is 19.1. The predicted octanol–water partition coefficient (Wildman–Crippen LogP) is 1.97. The van der Waals surface area contributed by atoms with Crippen LogP contribution >= 0.6 is 0 Å². The van der Waals surface area contributed by atoms with Crippen LogP contribution in [-0.4, -0.2) is 19.1 Å². The van der Waals surface area contributed by atoms with Crippen molar-refractivity contribution in [3.63, 3.8) is 0 Å². The SMILES string of the molecule is CCNC(=O)c1ccc(F)cc1OCC. The monoisotopic (exact) mass is 211 g/mol. The van der Waals surface area contributed by atoms with Crippen LogP contribution in [0, 0.1) is 5.82 Å². The zero-order chi connectivity index (χ0) is 11.3. The van der Waals surface area contributed by atoms with Gasteiger partial charge >= 0.3 is 0 Å². The Bertz CT molecular complexity index is 352. The molecule has 0 spiro atoms. The van der Waals surface area contributed by atoms with Crippen LogP contribution in [0.5, 0.6) is 5.75 Å². The molecule has 1 aromatic carbocycles. The van der Waals surface area contributed by atoms with Crippen molar-refractivity contribution in [3.05, 3.63) is 29.6 Å². The van der Waals surface area contributed by atoms with Crippen molar-refractivity contribution in [2.24, 2.45) is 0 Å². The molecular weight excluding hydrogens is 197 g/mol. The molecule has 1 N–H and O–H groups in total. The Kier molecular flexibility index (Phi) is 4.09. The van der Waals surface area contributed by atoms with Crippen molar-refractivity contribution in [1.82, 2.24) is 5.32 Å². The Labute approximate surface area is 88.2 Å². The number of rotatable bonds is 4. The van der Waals surface area contributed by atoms with Crippen molar-refractivity contribution in [2.75, 3.05) is 13.2 Å². The number of benzene rings is 1. The van der Waals surface area contributed by atoms with Crippen LogP contribution < -0.4 is 10.1 Å². The van der Waals surface area contributed by atoms with Gasteiger partial charge in [-0.25, -0.2) is 4.39 Å². The van der Waals surface area contributed by atoms with Crippen molar-refractivity contribution in [1.29, 1.82) is 0 Å². The van der Waals surface area contributed by atoms with E-state index in [-0.39, 0.29) is 11.7 Å². The van der Waals surface area contributed by atoms with Gasteiger partial charge in [-0.2, -0.15) is 0 Å². The highest BCUT2D eigenvalue weighted by Crippen LogP contribution is 2.19. The molecule has 3 nitrogen and oxygen atoms in total. The number of amides is 1. The van der Waals surface area contributed by atoms with Crippen LogP contribution in [0.2, 0.25) is 0 Å². The molecule has 1 rings (SSSR count). The third kappa shape index (κ3) is 2.94. The Hall–Kier alpha value is -1.58. The molecule has 0 bridgehead atoms. The van der Waals surface area contributed by atoms with Gasteiger partial charge in [0.1, 0.15) is 11.6 Å². The second-order valence-electron chi connectivity index (χ2n) is 2.93. The highest BCUT2D eigenvalue weighted by molar-refractivity contribution is 5.96. The van der Waals surface area contributed by atoms with Gasteiger partial charge in [0.15, 0.2) is 0 Å². The summed E-state index contributed by atoms with van der Waals surface area (Å²) < 4.78 is 18.1. The summed E-state index contributed by atoms with van der Waals surface area (Å²) in [6, 6.07) is 3.88. The molecule has 1 aromatic rings. The number of hydrogen-bond acceptors (Lipinski definition) is 2. The zero-order valence-electron chi connectivity index (χ0n) is 8.84. The summed E-state index contributed by atoms with van der Waals surface area (Å²) in [6.07, 6.45) is 0. The average Bonchev–Trinajstić information content (AvgIpc) is 2.18. The molecule has 0 aliphatic rings. The van der Waals surface area contributed by atoms with E-state index in [1.165, 1.54) is 18.2 Å². The van der Waals surface area contributed by atoms with Gasteiger partial charge in [0.05, 0.1) is 12.2 Å². The van der Waals surface area contributed by atoms with Gasteiger partial charge in [-0.1, -0.05) is 0 Å². The Morgan fingerprint density at radius 3 is 2.80 bits per heavy atom. The molecule has 0 aliphatic heterocycles. The first kappa shape index (κ1) is 11.5. The molecule has 0 fully saturated rings. The van der Waals surface area contributed by atoms with Gasteiger partial charge in [0.25, 0.3) is 5.91 Å². The quantitative estimate of drug-likeness (QED) is 0.826. The molecule has 0 aliphatic carbocycles. The summed E-state index contributed by atoms with van der Waals surface area (Å²) in [5, 5.41) is 2.64. The normalized spacial score (nSPS) is 9.80. The van der Waals surface area contributed by atoms with Gasteiger partial charge in [0.2, 0.25) is 0 Å². The smallest absolute Gasteiger partial charge is 0.255 e. The molecule has 1 amide bonds. The van der Waals surface area contributed by atoms with E-state index in [0.29, 0.717) is 18.7 Å². The lowest BCUT2D eigenvalue weighted by atomic mass is 10.2. The minimum Gasteiger partial charge on any atom is -0.493 e. The molecule has 0 radical (unpaired) electrons. The third-order valence-electron chi connectivity index (χ3n) is 1.83. The van der Waals surface area contributed by atoms with Crippen LogP contribution in [0.3, 0.4) is 0 Å². The number of halogens is 1. The molecule has 0 aromatic heterocycles. The van der Waals surface area contributed by atoms with Crippen LogP contribution in [-0.2, 0) is 0 Å². The standard InChI is InChI=1S/C11H14FNO2/c1-3-13-11(14)9-6-5-8(12)7-10(9)15-4-2/h5-7H,3-4H2,1-2H3,(H,13,14). The van der Waals surface area contributed by atoms with Crippen LogP contribution in [0.25, 0.3) is 0 Å². The van der Waals surface area contributed by atoms with Crippen molar-refractivity contribution in [3.8, 4) is 5.75 Å². The molecule has 0 saturated carbocycles. The van der Waals surface area contributed by atoms with E-state index in [0.717, 1.165) is 0 Å². The van der Waals surface area contributed by atoms with Crippen molar-refractivity contribution in [2.45, 2.75) is 13.8 Å². The maximum Gasteiger partial charge on any atom is 0.255 e. The molecule has 0 heterocycles. The van der Waals surface area contributed by atoms with Crippen LogP contribution in [0.1, 0.15) is 24.2 Å². The van der Waals surface area contributed by atoms with Gasteiger partial charge < -0.3 is 10.1 Å². The first-order valence-electron chi connectivity index (χ1n) is 4.89. The van der Waals surface area contributed by atoms with Crippen molar-refractivity contribution >= 4 is 5.91 Å². The maximum atomic E-state index is 12.9. The van der Waals surface area contributed by atoms with E-state index in [2.05, 4.69) is 5.32 Å². The number of hydrogen-bond donors (Lipinski definition) is 1. The summed E-state index contributed by atoms with van der Waals surface area (Å²) in [5.74, 6) is -0.379. The van der Waals surface area contributed by atoms with E-state index in [9.17, 15) is 9.18 Å². The Morgan fingerprint density at radius 1 is 1.47 bits per heavy atom. The van der Waals surface area contributed by atoms with E-state index in [1.807, 2.05) is 6.92 Å². The van der Waals surface area contributed by atoms with Gasteiger partial charge in [-0.3, -0.25) is 4.79 Å². The van der Waals surface area contributed by atoms with Gasteiger partial charge in [0, 0.05) is 12.6 Å². The van der Waals surface area contributed by atoms with Crippen LogP contribution in [0.15, 0.2) is 18.2 Å². The lowest BCUT2D eigenvalue weighted by Gasteiger charge is -2.09.